The van der Waals surface area contributed by atoms with Gasteiger partial charge in [-0.2, -0.15) is 0 Å². The molecule has 0 atom stereocenters. The lowest BCUT2D eigenvalue weighted by Gasteiger charge is -2.19. The van der Waals surface area contributed by atoms with Crippen LogP contribution in [0.25, 0.3) is 0 Å². The molecule has 1 heterocycles. The molecule has 154 valence electrons. The number of hydrogen-bond donors (Lipinski definition) is 1. The summed E-state index contributed by atoms with van der Waals surface area (Å²) in [6, 6.07) is 19.3. The van der Waals surface area contributed by atoms with Crippen LogP contribution in [0.2, 0.25) is 0 Å². The van der Waals surface area contributed by atoms with Crippen LogP contribution in [-0.2, 0) is 5.75 Å². The van der Waals surface area contributed by atoms with Gasteiger partial charge in [0.25, 0.3) is 5.91 Å². The van der Waals surface area contributed by atoms with Crippen LogP contribution < -0.4 is 19.5 Å². The van der Waals surface area contributed by atoms with Gasteiger partial charge in [-0.3, -0.25) is 4.79 Å². The van der Waals surface area contributed by atoms with Gasteiger partial charge < -0.3 is 19.5 Å². The van der Waals surface area contributed by atoms with E-state index in [4.69, 9.17) is 14.2 Å². The first-order chi connectivity index (χ1) is 14.6. The number of nitrogens with one attached hydrogen (secondary N) is 1. The molecule has 0 saturated heterocycles. The second-order valence-corrected chi connectivity index (χ2v) is 7.99. The maximum absolute atomic E-state index is 12.8. The van der Waals surface area contributed by atoms with E-state index in [9.17, 15) is 4.79 Å². The van der Waals surface area contributed by atoms with Crippen LogP contribution in [0.4, 0.5) is 5.69 Å². The highest BCUT2D eigenvalue weighted by Gasteiger charge is 2.15. The van der Waals surface area contributed by atoms with Gasteiger partial charge in [-0.05, 0) is 49.4 Å². The summed E-state index contributed by atoms with van der Waals surface area (Å²) in [7, 11) is 1.64. The smallest absolute Gasteiger partial charge is 0.255 e. The van der Waals surface area contributed by atoms with E-state index in [0.29, 0.717) is 41.7 Å². The molecule has 0 saturated carbocycles. The number of amides is 1. The van der Waals surface area contributed by atoms with Crippen LogP contribution in [0.3, 0.4) is 0 Å². The normalized spacial score (nSPS) is 12.3. The number of fused-ring (bicyclic) bond motifs is 1. The highest BCUT2D eigenvalue weighted by molar-refractivity contribution is 7.98. The van der Waals surface area contributed by atoms with Crippen LogP contribution in [0, 0.1) is 6.92 Å². The van der Waals surface area contributed by atoms with Crippen molar-refractivity contribution in [2.24, 2.45) is 0 Å². The van der Waals surface area contributed by atoms with Crippen molar-refractivity contribution in [2.45, 2.75) is 17.6 Å². The Balaban J connectivity index is 1.48. The van der Waals surface area contributed by atoms with Crippen molar-refractivity contribution >= 4 is 23.4 Å². The third-order valence-corrected chi connectivity index (χ3v) is 5.82. The molecule has 1 aliphatic heterocycles. The lowest BCUT2D eigenvalue weighted by Crippen LogP contribution is -2.16. The average Bonchev–Trinajstić information content (AvgIpc) is 2.78. The lowest BCUT2D eigenvalue weighted by atomic mass is 10.1. The molecule has 30 heavy (non-hydrogen) atoms. The highest BCUT2D eigenvalue weighted by atomic mass is 32.2. The molecule has 1 aliphatic rings. The third kappa shape index (κ3) is 4.71. The maximum Gasteiger partial charge on any atom is 0.255 e. The number of carbonyl (C=O) groups is 1. The summed E-state index contributed by atoms with van der Waals surface area (Å²) in [5, 5.41) is 2.93. The van der Waals surface area contributed by atoms with Gasteiger partial charge in [0.2, 0.25) is 0 Å². The Hall–Kier alpha value is -3.12. The molecule has 4 rings (SSSR count). The first-order valence-electron chi connectivity index (χ1n) is 9.70. The van der Waals surface area contributed by atoms with E-state index in [2.05, 4.69) is 36.5 Å². The van der Waals surface area contributed by atoms with Gasteiger partial charge in [-0.25, -0.2) is 0 Å². The van der Waals surface area contributed by atoms with E-state index in [0.717, 1.165) is 11.3 Å². The highest BCUT2D eigenvalue weighted by Crippen LogP contribution is 2.33. The standard InChI is InChI=1S/C24H23NO4S/c1-16-3-7-20(8-4-16)30-15-18-13-17(5-9-21(18)27-2)24(26)25-19-6-10-22-23(14-19)29-12-11-28-22/h3-10,13-14H,11-12,15H2,1-2H3,(H,25,26). The van der Waals surface area contributed by atoms with Gasteiger partial charge in [0.05, 0.1) is 7.11 Å². The largest absolute Gasteiger partial charge is 0.496 e. The zero-order valence-corrected chi connectivity index (χ0v) is 17.8. The van der Waals surface area contributed by atoms with E-state index in [-0.39, 0.29) is 5.91 Å². The fraction of sp³-hybridized carbons (Fsp3) is 0.208. The average molecular weight is 422 g/mol. The summed E-state index contributed by atoms with van der Waals surface area (Å²) in [5.74, 6) is 2.63. The number of hydrogen-bond acceptors (Lipinski definition) is 5. The Kier molecular flexibility index (Phi) is 6.14. The molecule has 0 radical (unpaired) electrons. The van der Waals surface area contributed by atoms with Gasteiger partial charge in [0.15, 0.2) is 11.5 Å². The number of thioether (sulfide) groups is 1. The minimum absolute atomic E-state index is 0.184. The summed E-state index contributed by atoms with van der Waals surface area (Å²) >= 11 is 1.71. The van der Waals surface area contributed by atoms with Crippen molar-refractivity contribution in [1.29, 1.82) is 0 Å². The van der Waals surface area contributed by atoms with Gasteiger partial charge in [-0.15, -0.1) is 11.8 Å². The molecular formula is C24H23NO4S. The van der Waals surface area contributed by atoms with Crippen molar-refractivity contribution in [2.75, 3.05) is 25.6 Å². The molecule has 0 bridgehead atoms. The van der Waals surface area contributed by atoms with Gasteiger partial charge in [-0.1, -0.05) is 17.7 Å². The van der Waals surface area contributed by atoms with Crippen molar-refractivity contribution in [3.63, 3.8) is 0 Å². The van der Waals surface area contributed by atoms with Crippen LogP contribution in [-0.4, -0.2) is 26.2 Å². The molecule has 1 N–H and O–H groups in total. The Morgan fingerprint density at radius 2 is 1.77 bits per heavy atom. The topological polar surface area (TPSA) is 56.8 Å². The summed E-state index contributed by atoms with van der Waals surface area (Å²) in [4.78, 5) is 14.0. The summed E-state index contributed by atoms with van der Waals surface area (Å²) in [5.41, 5.74) is 3.44. The molecule has 0 fully saturated rings. The molecule has 5 nitrogen and oxygen atoms in total. The number of ether oxygens (including phenoxy) is 3. The molecule has 0 aliphatic carbocycles. The molecule has 0 aromatic heterocycles. The predicted molar refractivity (Wildman–Crippen MR) is 119 cm³/mol. The molecule has 0 unspecified atom stereocenters. The number of methoxy groups -OCH3 is 1. The van der Waals surface area contributed by atoms with Crippen molar-refractivity contribution in [1.82, 2.24) is 0 Å². The van der Waals surface area contributed by atoms with Crippen molar-refractivity contribution < 1.29 is 19.0 Å². The number of rotatable bonds is 6. The number of benzene rings is 3. The zero-order chi connectivity index (χ0) is 20.9. The van der Waals surface area contributed by atoms with Crippen LogP contribution in [0.15, 0.2) is 65.6 Å². The second kappa shape index (κ2) is 9.13. The summed E-state index contributed by atoms with van der Waals surface area (Å²) < 4.78 is 16.6. The molecule has 3 aromatic rings. The number of aryl methyl sites for hydroxylation is 1. The van der Waals surface area contributed by atoms with E-state index < -0.39 is 0 Å². The van der Waals surface area contributed by atoms with Crippen molar-refractivity contribution in [3.05, 3.63) is 77.4 Å². The van der Waals surface area contributed by atoms with Crippen molar-refractivity contribution in [3.8, 4) is 17.2 Å². The predicted octanol–water partition coefficient (Wildman–Crippen LogP) is 5.32. The van der Waals surface area contributed by atoms with Crippen LogP contribution in [0.1, 0.15) is 21.5 Å². The van der Waals surface area contributed by atoms with Gasteiger partial charge in [0, 0.05) is 33.5 Å². The van der Waals surface area contributed by atoms with Gasteiger partial charge in [0.1, 0.15) is 19.0 Å². The second-order valence-electron chi connectivity index (χ2n) is 6.94. The number of carbonyl (C=O) groups excluding carboxylic acids is 1. The molecule has 3 aromatic carbocycles. The minimum Gasteiger partial charge on any atom is -0.496 e. The first kappa shape index (κ1) is 20.2. The Bertz CT molecular complexity index is 1050. The third-order valence-electron chi connectivity index (χ3n) is 4.76. The van der Waals surface area contributed by atoms with Gasteiger partial charge >= 0.3 is 0 Å². The molecule has 6 heteroatoms. The number of anilines is 1. The quantitative estimate of drug-likeness (QED) is 0.546. The Labute approximate surface area is 180 Å². The first-order valence-corrected chi connectivity index (χ1v) is 10.7. The SMILES string of the molecule is COc1ccc(C(=O)Nc2ccc3c(c2)OCCO3)cc1CSc1ccc(C)cc1. The Morgan fingerprint density at radius 1 is 1.00 bits per heavy atom. The molecular weight excluding hydrogens is 398 g/mol. The van der Waals surface area contributed by atoms with E-state index >= 15 is 0 Å². The lowest BCUT2D eigenvalue weighted by molar-refractivity contribution is 0.102. The Morgan fingerprint density at radius 3 is 2.53 bits per heavy atom. The maximum atomic E-state index is 12.8. The fourth-order valence-electron chi connectivity index (χ4n) is 3.15. The van der Waals surface area contributed by atoms with E-state index in [1.165, 1.54) is 10.5 Å². The zero-order valence-electron chi connectivity index (χ0n) is 16.9. The van der Waals surface area contributed by atoms with Crippen LogP contribution in [0.5, 0.6) is 17.2 Å². The summed E-state index contributed by atoms with van der Waals surface area (Å²) in [6.07, 6.45) is 0. The summed E-state index contributed by atoms with van der Waals surface area (Å²) in [6.45, 7) is 3.11. The van der Waals surface area contributed by atoms with E-state index in [1.54, 1.807) is 31.0 Å². The van der Waals surface area contributed by atoms with E-state index in [1.807, 2.05) is 24.3 Å². The fourth-order valence-corrected chi connectivity index (χ4v) is 4.03. The molecule has 0 spiro atoms. The molecule has 1 amide bonds. The van der Waals surface area contributed by atoms with Crippen LogP contribution >= 0.6 is 11.8 Å². The monoisotopic (exact) mass is 421 g/mol. The minimum atomic E-state index is -0.184.